The number of hydrogen-bond acceptors (Lipinski definition) is 2. The molecule has 2 aliphatic rings. The lowest BCUT2D eigenvalue weighted by molar-refractivity contribution is 0.794. The second-order valence-corrected chi connectivity index (χ2v) is 14.4. The predicted molar refractivity (Wildman–Crippen MR) is 226 cm³/mol. The molecule has 0 aliphatic heterocycles. The van der Waals surface area contributed by atoms with Crippen LogP contribution < -0.4 is 0 Å². The third-order valence-electron chi connectivity index (χ3n) is 11.6. The molecule has 0 fully saturated rings. The summed E-state index contributed by atoms with van der Waals surface area (Å²) in [6.45, 7) is 0. The van der Waals surface area contributed by atoms with Gasteiger partial charge >= 0.3 is 0 Å². The van der Waals surface area contributed by atoms with Gasteiger partial charge in [-0.05, 0) is 72.8 Å². The summed E-state index contributed by atoms with van der Waals surface area (Å²) in [7, 11) is 0. The van der Waals surface area contributed by atoms with E-state index in [1.807, 2.05) is 0 Å². The van der Waals surface area contributed by atoms with E-state index < -0.39 is 5.41 Å². The van der Waals surface area contributed by atoms with Crippen LogP contribution in [0.15, 0.2) is 206 Å². The van der Waals surface area contributed by atoms with Gasteiger partial charge in [0.1, 0.15) is 0 Å². The van der Waals surface area contributed by atoms with Crippen molar-refractivity contribution in [3.8, 4) is 78.4 Å². The molecule has 0 amide bonds. The van der Waals surface area contributed by atoms with Crippen molar-refractivity contribution in [2.24, 2.45) is 0 Å². The first-order valence-corrected chi connectivity index (χ1v) is 18.9. The Morgan fingerprint density at radius 2 is 0.636 bits per heavy atom. The Balaban J connectivity index is 1.21. The zero-order valence-corrected chi connectivity index (χ0v) is 30.0. The largest absolute Gasteiger partial charge is 0.228 e. The first-order chi connectivity index (χ1) is 27.3. The van der Waals surface area contributed by atoms with Crippen molar-refractivity contribution in [1.29, 1.82) is 0 Å². The normalized spacial score (nSPS) is 12.9. The highest BCUT2D eigenvalue weighted by molar-refractivity contribution is 5.99. The molecule has 1 heterocycles. The second-order valence-electron chi connectivity index (χ2n) is 14.4. The van der Waals surface area contributed by atoms with Crippen LogP contribution in [0, 0.1) is 0 Å². The molecule has 0 N–H and O–H groups in total. The van der Waals surface area contributed by atoms with E-state index in [-0.39, 0.29) is 0 Å². The molecule has 2 nitrogen and oxygen atoms in total. The molecule has 0 unspecified atom stereocenters. The molecular weight excluding hydrogens is 665 g/mol. The van der Waals surface area contributed by atoms with Gasteiger partial charge < -0.3 is 0 Å². The summed E-state index contributed by atoms with van der Waals surface area (Å²) in [4.78, 5) is 11.1. The molecule has 1 aromatic heterocycles. The topological polar surface area (TPSA) is 25.8 Å². The van der Waals surface area contributed by atoms with Crippen molar-refractivity contribution < 1.29 is 0 Å². The van der Waals surface area contributed by atoms with Crippen LogP contribution in [0.25, 0.3) is 78.4 Å². The van der Waals surface area contributed by atoms with Crippen molar-refractivity contribution in [2.45, 2.75) is 5.41 Å². The van der Waals surface area contributed by atoms with Gasteiger partial charge in [0.25, 0.3) is 0 Å². The van der Waals surface area contributed by atoms with Crippen LogP contribution in [0.4, 0.5) is 0 Å². The Hall–Kier alpha value is -7.16. The molecule has 0 atom stereocenters. The predicted octanol–water partition coefficient (Wildman–Crippen LogP) is 13.2. The zero-order valence-electron chi connectivity index (χ0n) is 30.0. The van der Waals surface area contributed by atoms with Gasteiger partial charge in [-0.25, -0.2) is 9.97 Å². The first kappa shape index (κ1) is 31.4. The molecule has 0 saturated heterocycles. The van der Waals surface area contributed by atoms with Gasteiger partial charge in [0.2, 0.25) is 0 Å². The molecule has 55 heavy (non-hydrogen) atoms. The maximum absolute atomic E-state index is 5.53. The van der Waals surface area contributed by atoms with E-state index in [9.17, 15) is 0 Å². The Labute approximate surface area is 321 Å². The standard InChI is InChI=1S/C53H34N2/c1-3-18-35(19-4-1)37-22-7-9-26-41(37)49-34-50(42-27-10-8-23-38(42)36-20-5-2-6-21-36)55-52(54-49)44-29-17-33-48-51(44)43-28-13-16-32-47(43)53(48)45-30-14-11-24-39(45)40-25-12-15-31-46(40)53/h1-34H. The Morgan fingerprint density at radius 3 is 1.15 bits per heavy atom. The van der Waals surface area contributed by atoms with E-state index in [1.54, 1.807) is 0 Å². The molecule has 1 spiro atoms. The van der Waals surface area contributed by atoms with Crippen molar-refractivity contribution in [1.82, 2.24) is 9.97 Å². The van der Waals surface area contributed by atoms with Crippen LogP contribution in [0.2, 0.25) is 0 Å². The lowest BCUT2D eigenvalue weighted by Gasteiger charge is -2.30. The molecule has 0 radical (unpaired) electrons. The van der Waals surface area contributed by atoms with Crippen LogP contribution in [-0.2, 0) is 5.41 Å². The fourth-order valence-corrected chi connectivity index (χ4v) is 9.33. The van der Waals surface area contributed by atoms with Crippen LogP contribution in [0.3, 0.4) is 0 Å². The number of benzene rings is 8. The monoisotopic (exact) mass is 698 g/mol. The van der Waals surface area contributed by atoms with E-state index in [0.717, 1.165) is 50.3 Å². The fraction of sp³-hybridized carbons (Fsp3) is 0.0189. The zero-order chi connectivity index (χ0) is 36.3. The summed E-state index contributed by atoms with van der Waals surface area (Å²) in [6.07, 6.45) is 0. The maximum atomic E-state index is 5.53. The summed E-state index contributed by atoms with van der Waals surface area (Å²) in [6, 6.07) is 74.2. The van der Waals surface area contributed by atoms with Crippen molar-refractivity contribution in [2.75, 3.05) is 0 Å². The molecule has 0 bridgehead atoms. The van der Waals surface area contributed by atoms with Crippen LogP contribution >= 0.6 is 0 Å². The van der Waals surface area contributed by atoms with Crippen LogP contribution in [0.1, 0.15) is 22.3 Å². The molecule has 8 aromatic carbocycles. The van der Waals surface area contributed by atoms with Gasteiger partial charge in [0.15, 0.2) is 5.82 Å². The number of hydrogen-bond donors (Lipinski definition) is 0. The van der Waals surface area contributed by atoms with Crippen molar-refractivity contribution >= 4 is 0 Å². The molecule has 2 aliphatic carbocycles. The molecule has 256 valence electrons. The molecular formula is C53H34N2. The minimum Gasteiger partial charge on any atom is -0.228 e. The summed E-state index contributed by atoms with van der Waals surface area (Å²) in [5.41, 5.74) is 19.3. The molecule has 9 aromatic rings. The second kappa shape index (κ2) is 12.5. The Bertz CT molecular complexity index is 2780. The summed E-state index contributed by atoms with van der Waals surface area (Å²) in [5.74, 6) is 0.710. The maximum Gasteiger partial charge on any atom is 0.161 e. The first-order valence-electron chi connectivity index (χ1n) is 18.9. The van der Waals surface area contributed by atoms with Gasteiger partial charge in [-0.2, -0.15) is 0 Å². The number of aromatic nitrogens is 2. The fourth-order valence-electron chi connectivity index (χ4n) is 9.33. The van der Waals surface area contributed by atoms with Gasteiger partial charge in [-0.1, -0.05) is 200 Å². The highest BCUT2D eigenvalue weighted by Gasteiger charge is 2.52. The van der Waals surface area contributed by atoms with E-state index in [2.05, 4.69) is 206 Å². The lowest BCUT2D eigenvalue weighted by Crippen LogP contribution is -2.25. The van der Waals surface area contributed by atoms with Gasteiger partial charge in [0, 0.05) is 16.7 Å². The van der Waals surface area contributed by atoms with Gasteiger partial charge in [0.05, 0.1) is 16.8 Å². The third-order valence-corrected chi connectivity index (χ3v) is 11.6. The smallest absolute Gasteiger partial charge is 0.161 e. The number of fused-ring (bicyclic) bond motifs is 10. The summed E-state index contributed by atoms with van der Waals surface area (Å²) < 4.78 is 0. The van der Waals surface area contributed by atoms with Gasteiger partial charge in [-0.3, -0.25) is 0 Å². The Morgan fingerprint density at radius 1 is 0.273 bits per heavy atom. The summed E-state index contributed by atoms with van der Waals surface area (Å²) in [5, 5.41) is 0. The number of rotatable bonds is 5. The minimum absolute atomic E-state index is 0.449. The minimum atomic E-state index is -0.449. The highest BCUT2D eigenvalue weighted by atomic mass is 14.9. The lowest BCUT2D eigenvalue weighted by atomic mass is 9.70. The van der Waals surface area contributed by atoms with Crippen LogP contribution in [-0.4, -0.2) is 9.97 Å². The average Bonchev–Trinajstić information content (AvgIpc) is 3.74. The van der Waals surface area contributed by atoms with E-state index in [4.69, 9.17) is 9.97 Å². The molecule has 11 rings (SSSR count). The van der Waals surface area contributed by atoms with E-state index >= 15 is 0 Å². The Kier molecular flexibility index (Phi) is 7.11. The van der Waals surface area contributed by atoms with Crippen molar-refractivity contribution in [3.63, 3.8) is 0 Å². The summed E-state index contributed by atoms with van der Waals surface area (Å²) >= 11 is 0. The quantitative estimate of drug-likeness (QED) is 0.179. The van der Waals surface area contributed by atoms with Gasteiger partial charge in [-0.15, -0.1) is 0 Å². The van der Waals surface area contributed by atoms with E-state index in [1.165, 1.54) is 44.5 Å². The van der Waals surface area contributed by atoms with Crippen LogP contribution in [0.5, 0.6) is 0 Å². The molecule has 2 heteroatoms. The van der Waals surface area contributed by atoms with E-state index in [0.29, 0.717) is 5.82 Å². The average molecular weight is 699 g/mol. The SMILES string of the molecule is c1ccc(-c2ccccc2-c2cc(-c3ccccc3-c3ccccc3)nc(-c3cccc4c3-c3ccccc3C43c4ccccc4-c4ccccc43)n2)cc1. The number of nitrogens with zero attached hydrogens (tertiary/aromatic N) is 2. The highest BCUT2D eigenvalue weighted by Crippen LogP contribution is 2.63. The third kappa shape index (κ3) is 4.68. The molecule has 0 saturated carbocycles. The van der Waals surface area contributed by atoms with Crippen molar-refractivity contribution in [3.05, 3.63) is 229 Å².